The second-order valence-electron chi connectivity index (χ2n) is 5.43. The van der Waals surface area contributed by atoms with Crippen LogP contribution < -0.4 is 0 Å². The minimum Gasteiger partial charge on any atom is -0.298 e. The highest BCUT2D eigenvalue weighted by atomic mass is 32.2. The summed E-state index contributed by atoms with van der Waals surface area (Å²) in [6, 6.07) is 10.6. The predicted octanol–water partition coefficient (Wildman–Crippen LogP) is 2.58. The van der Waals surface area contributed by atoms with Crippen molar-refractivity contribution in [2.45, 2.75) is 11.8 Å². The van der Waals surface area contributed by atoms with Crippen LogP contribution in [0.3, 0.4) is 0 Å². The number of hydrogen-bond acceptors (Lipinski definition) is 4. The van der Waals surface area contributed by atoms with Gasteiger partial charge in [0, 0.05) is 11.8 Å². The zero-order valence-corrected chi connectivity index (χ0v) is 14.0. The molecule has 7 heteroatoms. The molecule has 0 spiro atoms. The molecule has 0 radical (unpaired) electrons. The Morgan fingerprint density at radius 1 is 1.21 bits per heavy atom. The van der Waals surface area contributed by atoms with Crippen molar-refractivity contribution >= 4 is 33.5 Å². The third kappa shape index (κ3) is 2.52. The number of amides is 1. The molecule has 0 aliphatic heterocycles. The summed E-state index contributed by atoms with van der Waals surface area (Å²) in [6.45, 7) is 4.81. The van der Waals surface area contributed by atoms with E-state index in [-0.39, 0.29) is 10.5 Å². The van der Waals surface area contributed by atoms with Gasteiger partial charge >= 0.3 is 0 Å². The summed E-state index contributed by atoms with van der Waals surface area (Å²) in [5, 5.41) is 0. The van der Waals surface area contributed by atoms with Gasteiger partial charge in [-0.15, -0.1) is 0 Å². The molecule has 0 N–H and O–H groups in total. The summed E-state index contributed by atoms with van der Waals surface area (Å²) >= 11 is 0. The number of hydrogen-bond donors (Lipinski definition) is 0. The number of imidazole rings is 1. The van der Waals surface area contributed by atoms with E-state index in [0.717, 1.165) is 17.3 Å². The third-order valence-electron chi connectivity index (χ3n) is 3.84. The van der Waals surface area contributed by atoms with Crippen LogP contribution in [0, 0.1) is 6.92 Å². The van der Waals surface area contributed by atoms with Gasteiger partial charge in [0.2, 0.25) is 0 Å². The molecule has 1 amide bonds. The molecule has 0 bridgehead atoms. The topological polar surface area (TPSA) is 81.4 Å². The first kappa shape index (κ1) is 16.1. The van der Waals surface area contributed by atoms with Crippen molar-refractivity contribution in [1.82, 2.24) is 9.55 Å². The average molecular weight is 341 g/mol. The maximum atomic E-state index is 12.4. The Morgan fingerprint density at radius 2 is 1.92 bits per heavy atom. The Bertz CT molecular complexity index is 1080. The number of carbonyl (C=O) groups is 1. The van der Waals surface area contributed by atoms with Crippen molar-refractivity contribution in [3.05, 3.63) is 53.9 Å². The molecule has 1 aromatic heterocycles. The van der Waals surface area contributed by atoms with Crippen LogP contribution in [0.25, 0.3) is 16.7 Å². The van der Waals surface area contributed by atoms with E-state index in [9.17, 15) is 13.2 Å². The molecular formula is C17H15N3O3S. The van der Waals surface area contributed by atoms with Crippen LogP contribution in [-0.4, -0.2) is 36.8 Å². The van der Waals surface area contributed by atoms with Gasteiger partial charge in [-0.3, -0.25) is 9.36 Å². The van der Waals surface area contributed by atoms with Gasteiger partial charge in [0.25, 0.3) is 5.91 Å². The zero-order chi connectivity index (χ0) is 17.5. The number of aliphatic imine (C=N–C) groups is 1. The lowest BCUT2D eigenvalue weighted by Crippen LogP contribution is -2.11. The SMILES string of the molecule is C=NC(=O)c1ccc(-n2cnc3ccccc32)c(S(C)(=O)=O)c1C. The average Bonchev–Trinajstić information content (AvgIpc) is 2.96. The Labute approximate surface area is 139 Å². The van der Waals surface area contributed by atoms with Crippen LogP contribution in [0.2, 0.25) is 0 Å². The van der Waals surface area contributed by atoms with Gasteiger partial charge in [-0.05, 0) is 43.5 Å². The highest BCUT2D eigenvalue weighted by molar-refractivity contribution is 7.90. The van der Waals surface area contributed by atoms with Crippen molar-refractivity contribution < 1.29 is 13.2 Å². The van der Waals surface area contributed by atoms with Crippen LogP contribution in [0.4, 0.5) is 0 Å². The lowest BCUT2D eigenvalue weighted by atomic mass is 10.1. The normalized spacial score (nSPS) is 11.6. The van der Waals surface area contributed by atoms with E-state index in [1.165, 1.54) is 0 Å². The molecule has 3 aromatic rings. The molecule has 2 aromatic carbocycles. The maximum absolute atomic E-state index is 12.4. The highest BCUT2D eigenvalue weighted by Gasteiger charge is 2.23. The van der Waals surface area contributed by atoms with Gasteiger partial charge in [0.05, 0.1) is 21.6 Å². The lowest BCUT2D eigenvalue weighted by Gasteiger charge is -2.15. The van der Waals surface area contributed by atoms with Crippen molar-refractivity contribution in [2.75, 3.05) is 6.26 Å². The number of para-hydroxylation sites is 2. The number of benzene rings is 2. The predicted molar refractivity (Wildman–Crippen MR) is 92.8 cm³/mol. The molecular weight excluding hydrogens is 326 g/mol. The fourth-order valence-corrected chi connectivity index (χ4v) is 4.02. The van der Waals surface area contributed by atoms with Gasteiger partial charge in [-0.1, -0.05) is 12.1 Å². The second-order valence-corrected chi connectivity index (χ2v) is 7.38. The van der Waals surface area contributed by atoms with Gasteiger partial charge in [-0.2, -0.15) is 0 Å². The van der Waals surface area contributed by atoms with Gasteiger partial charge in [-0.25, -0.2) is 18.4 Å². The Hall–Kier alpha value is -2.80. The Morgan fingerprint density at radius 3 is 2.58 bits per heavy atom. The van der Waals surface area contributed by atoms with E-state index in [0.29, 0.717) is 11.3 Å². The molecule has 24 heavy (non-hydrogen) atoms. The standard InChI is InChI=1S/C17H15N3O3S/c1-11-12(17(21)18-2)8-9-15(16(11)24(3,22)23)20-10-19-13-6-4-5-7-14(13)20/h4-10H,2H2,1,3H3. The van der Waals surface area contributed by atoms with E-state index < -0.39 is 15.7 Å². The number of sulfone groups is 1. The fourth-order valence-electron chi connectivity index (χ4n) is 2.80. The number of carbonyl (C=O) groups excluding carboxylic acids is 1. The minimum atomic E-state index is -3.59. The first-order chi connectivity index (χ1) is 11.3. The van der Waals surface area contributed by atoms with Crippen molar-refractivity contribution in [2.24, 2.45) is 4.99 Å². The van der Waals surface area contributed by atoms with Crippen LogP contribution >= 0.6 is 0 Å². The van der Waals surface area contributed by atoms with Gasteiger partial charge in [0.1, 0.15) is 6.33 Å². The number of rotatable bonds is 3. The van der Waals surface area contributed by atoms with Crippen molar-refractivity contribution in [3.63, 3.8) is 0 Å². The Balaban J connectivity index is 2.39. The summed E-state index contributed by atoms with van der Waals surface area (Å²) in [5.74, 6) is -0.556. The van der Waals surface area contributed by atoms with E-state index in [1.807, 2.05) is 24.3 Å². The lowest BCUT2D eigenvalue weighted by molar-refractivity contribution is 0.100. The summed E-state index contributed by atoms with van der Waals surface area (Å²) in [6.07, 6.45) is 2.69. The van der Waals surface area contributed by atoms with Crippen LogP contribution in [0.15, 0.2) is 52.6 Å². The van der Waals surface area contributed by atoms with E-state index in [4.69, 9.17) is 0 Å². The molecule has 122 valence electrons. The molecule has 0 atom stereocenters. The third-order valence-corrected chi connectivity index (χ3v) is 5.10. The molecule has 1 heterocycles. The first-order valence-electron chi connectivity index (χ1n) is 7.11. The van der Waals surface area contributed by atoms with Gasteiger partial charge < -0.3 is 0 Å². The Kier molecular flexibility index (Phi) is 3.81. The summed E-state index contributed by atoms with van der Waals surface area (Å²) < 4.78 is 26.5. The molecule has 3 rings (SSSR count). The van der Waals surface area contributed by atoms with Crippen LogP contribution in [0.5, 0.6) is 0 Å². The van der Waals surface area contributed by atoms with E-state index in [2.05, 4.69) is 16.7 Å². The van der Waals surface area contributed by atoms with Crippen molar-refractivity contribution in [3.8, 4) is 5.69 Å². The monoisotopic (exact) mass is 341 g/mol. The fraction of sp³-hybridized carbons (Fsp3) is 0.118. The van der Waals surface area contributed by atoms with Crippen LogP contribution in [0.1, 0.15) is 15.9 Å². The number of nitrogens with zero attached hydrogens (tertiary/aromatic N) is 3. The van der Waals surface area contributed by atoms with Crippen LogP contribution in [-0.2, 0) is 9.84 Å². The van der Waals surface area contributed by atoms with E-state index in [1.54, 1.807) is 30.0 Å². The quantitative estimate of drug-likeness (QED) is 0.686. The second kappa shape index (κ2) is 5.68. The number of aromatic nitrogens is 2. The molecule has 6 nitrogen and oxygen atoms in total. The highest BCUT2D eigenvalue weighted by Crippen LogP contribution is 2.29. The summed E-state index contributed by atoms with van der Waals surface area (Å²) in [7, 11) is -3.59. The molecule has 0 saturated heterocycles. The number of fused-ring (bicyclic) bond motifs is 1. The molecule has 0 aliphatic rings. The molecule has 0 fully saturated rings. The zero-order valence-electron chi connectivity index (χ0n) is 13.2. The summed E-state index contributed by atoms with van der Waals surface area (Å²) in [4.78, 5) is 19.6. The molecule has 0 saturated carbocycles. The largest absolute Gasteiger partial charge is 0.298 e. The minimum absolute atomic E-state index is 0.0835. The first-order valence-corrected chi connectivity index (χ1v) is 9.01. The molecule has 0 aliphatic carbocycles. The van der Waals surface area contributed by atoms with E-state index >= 15 is 0 Å². The molecule has 0 unspecified atom stereocenters. The maximum Gasteiger partial charge on any atom is 0.276 e. The summed E-state index contributed by atoms with van der Waals surface area (Å²) in [5.41, 5.74) is 2.55. The smallest absolute Gasteiger partial charge is 0.276 e. The van der Waals surface area contributed by atoms with Gasteiger partial charge in [0.15, 0.2) is 9.84 Å². The van der Waals surface area contributed by atoms with Crippen molar-refractivity contribution in [1.29, 1.82) is 0 Å².